The molecule has 0 aliphatic carbocycles. The van der Waals surface area contributed by atoms with Gasteiger partial charge in [-0.15, -0.1) is 0 Å². The minimum Gasteiger partial charge on any atom is -0.345 e. The maximum atomic E-state index is 3.37. The number of nitrogens with zero attached hydrogens (tertiary/aromatic N) is 1. The fraction of sp³-hybridized carbons (Fsp3) is 0.467. The van der Waals surface area contributed by atoms with E-state index in [4.69, 9.17) is 0 Å². The van der Waals surface area contributed by atoms with Gasteiger partial charge < -0.3 is 9.88 Å². The maximum absolute atomic E-state index is 3.37. The predicted molar refractivity (Wildman–Crippen MR) is 74.5 cm³/mol. The first-order valence-corrected chi connectivity index (χ1v) is 6.58. The number of unbranched alkanes of at least 4 members (excludes halogenated alkanes) is 1. The number of para-hydroxylation sites is 1. The molecule has 0 saturated carbocycles. The molecule has 2 rings (SSSR count). The van der Waals surface area contributed by atoms with E-state index < -0.39 is 0 Å². The Morgan fingerprint density at radius 3 is 2.82 bits per heavy atom. The zero-order valence-electron chi connectivity index (χ0n) is 10.9. The van der Waals surface area contributed by atoms with E-state index in [0.717, 1.165) is 19.6 Å². The lowest BCUT2D eigenvalue weighted by Gasteiger charge is -2.08. The van der Waals surface area contributed by atoms with Crippen LogP contribution in [-0.4, -0.2) is 17.7 Å². The number of hydrogen-bond donors (Lipinski definition) is 1. The number of aryl methyl sites for hydroxylation is 2. The summed E-state index contributed by atoms with van der Waals surface area (Å²) in [5.41, 5.74) is 2.74. The topological polar surface area (TPSA) is 17.0 Å². The molecule has 0 bridgehead atoms. The Morgan fingerprint density at radius 2 is 2.00 bits per heavy atom. The van der Waals surface area contributed by atoms with Crippen molar-refractivity contribution in [2.24, 2.45) is 0 Å². The van der Waals surface area contributed by atoms with Gasteiger partial charge in [-0.3, -0.25) is 0 Å². The van der Waals surface area contributed by atoms with Gasteiger partial charge in [-0.05, 0) is 50.4 Å². The Bertz CT molecular complexity index is 471. The van der Waals surface area contributed by atoms with Crippen LogP contribution in [0, 0.1) is 6.92 Å². The molecule has 0 aliphatic heterocycles. The van der Waals surface area contributed by atoms with Crippen LogP contribution >= 0.6 is 0 Å². The molecule has 0 amide bonds. The molecule has 1 aromatic carbocycles. The highest BCUT2D eigenvalue weighted by Crippen LogP contribution is 2.19. The van der Waals surface area contributed by atoms with Crippen LogP contribution in [0.15, 0.2) is 30.3 Å². The van der Waals surface area contributed by atoms with E-state index in [-0.39, 0.29) is 0 Å². The number of hydrogen-bond acceptors (Lipinski definition) is 1. The van der Waals surface area contributed by atoms with E-state index in [1.807, 2.05) is 0 Å². The normalized spacial score (nSPS) is 11.2. The molecule has 0 radical (unpaired) electrons. The first-order chi connectivity index (χ1) is 8.33. The van der Waals surface area contributed by atoms with Gasteiger partial charge in [-0.2, -0.15) is 0 Å². The molecular formula is C15H22N2. The molecule has 2 heteroatoms. The fourth-order valence-corrected chi connectivity index (χ4v) is 2.34. The lowest BCUT2D eigenvalue weighted by molar-refractivity contribution is 0.580. The van der Waals surface area contributed by atoms with Crippen molar-refractivity contribution in [1.29, 1.82) is 0 Å². The summed E-state index contributed by atoms with van der Waals surface area (Å²) in [6, 6.07) is 10.9. The van der Waals surface area contributed by atoms with Crippen LogP contribution in [0.2, 0.25) is 0 Å². The highest BCUT2D eigenvalue weighted by Gasteiger charge is 2.03. The molecule has 0 spiro atoms. The molecule has 92 valence electrons. The van der Waals surface area contributed by atoms with E-state index in [0.29, 0.717) is 0 Å². The second-order valence-corrected chi connectivity index (χ2v) is 4.56. The van der Waals surface area contributed by atoms with Crippen LogP contribution in [-0.2, 0) is 6.54 Å². The molecule has 1 aromatic heterocycles. The van der Waals surface area contributed by atoms with Crippen molar-refractivity contribution in [1.82, 2.24) is 9.88 Å². The minimum atomic E-state index is 1.07. The smallest absolute Gasteiger partial charge is 0.0482 e. The summed E-state index contributed by atoms with van der Waals surface area (Å²) in [5, 5.41) is 4.73. The third-order valence-electron chi connectivity index (χ3n) is 3.25. The van der Waals surface area contributed by atoms with Crippen molar-refractivity contribution in [3.05, 3.63) is 36.0 Å². The predicted octanol–water partition coefficient (Wildman–Crippen LogP) is 3.34. The maximum Gasteiger partial charge on any atom is 0.0482 e. The van der Waals surface area contributed by atoms with Crippen LogP contribution in [0.3, 0.4) is 0 Å². The van der Waals surface area contributed by atoms with Crippen LogP contribution in [0.25, 0.3) is 10.9 Å². The SMILES string of the molecule is CCNCCCCn1c(C)cc2ccccc21. The highest BCUT2D eigenvalue weighted by molar-refractivity contribution is 5.81. The molecule has 17 heavy (non-hydrogen) atoms. The Kier molecular flexibility index (Phi) is 4.21. The number of fused-ring (bicyclic) bond motifs is 1. The van der Waals surface area contributed by atoms with Crippen molar-refractivity contribution in [3.63, 3.8) is 0 Å². The van der Waals surface area contributed by atoms with Crippen molar-refractivity contribution in [3.8, 4) is 0 Å². The van der Waals surface area contributed by atoms with Crippen molar-refractivity contribution in [2.75, 3.05) is 13.1 Å². The van der Waals surface area contributed by atoms with Crippen molar-refractivity contribution in [2.45, 2.75) is 33.2 Å². The molecule has 0 fully saturated rings. The molecular weight excluding hydrogens is 208 g/mol. The molecule has 1 N–H and O–H groups in total. The zero-order valence-corrected chi connectivity index (χ0v) is 10.9. The average molecular weight is 230 g/mol. The third kappa shape index (κ3) is 2.89. The summed E-state index contributed by atoms with van der Waals surface area (Å²) in [6.45, 7) is 7.69. The lowest BCUT2D eigenvalue weighted by atomic mass is 10.2. The largest absolute Gasteiger partial charge is 0.345 e. The molecule has 0 saturated heterocycles. The summed E-state index contributed by atoms with van der Waals surface area (Å²) in [7, 11) is 0. The number of aromatic nitrogens is 1. The second-order valence-electron chi connectivity index (χ2n) is 4.56. The van der Waals surface area contributed by atoms with Gasteiger partial charge in [0.05, 0.1) is 0 Å². The van der Waals surface area contributed by atoms with E-state index in [1.54, 1.807) is 0 Å². The third-order valence-corrected chi connectivity index (χ3v) is 3.25. The standard InChI is InChI=1S/C15H22N2/c1-3-16-10-6-7-11-17-13(2)12-14-8-4-5-9-15(14)17/h4-5,8-9,12,16H,3,6-7,10-11H2,1-2H3. The lowest BCUT2D eigenvalue weighted by Crippen LogP contribution is -2.14. The van der Waals surface area contributed by atoms with Gasteiger partial charge in [-0.1, -0.05) is 25.1 Å². The first-order valence-electron chi connectivity index (χ1n) is 6.58. The summed E-state index contributed by atoms with van der Waals surface area (Å²) in [4.78, 5) is 0. The number of rotatable bonds is 6. The van der Waals surface area contributed by atoms with Crippen LogP contribution in [0.4, 0.5) is 0 Å². The Labute approximate surface area is 104 Å². The van der Waals surface area contributed by atoms with Crippen LogP contribution in [0.5, 0.6) is 0 Å². The number of nitrogens with one attached hydrogen (secondary N) is 1. The molecule has 0 atom stereocenters. The fourth-order valence-electron chi connectivity index (χ4n) is 2.34. The van der Waals surface area contributed by atoms with Crippen molar-refractivity contribution < 1.29 is 0 Å². The summed E-state index contributed by atoms with van der Waals surface area (Å²) in [6.07, 6.45) is 2.49. The highest BCUT2D eigenvalue weighted by atomic mass is 15.0. The quantitative estimate of drug-likeness (QED) is 0.753. The zero-order chi connectivity index (χ0) is 12.1. The van der Waals surface area contributed by atoms with Gasteiger partial charge in [-0.25, -0.2) is 0 Å². The van der Waals surface area contributed by atoms with Gasteiger partial charge in [0, 0.05) is 17.8 Å². The van der Waals surface area contributed by atoms with Gasteiger partial charge in [0.1, 0.15) is 0 Å². The van der Waals surface area contributed by atoms with Crippen LogP contribution < -0.4 is 5.32 Å². The van der Waals surface area contributed by atoms with E-state index in [1.165, 1.54) is 29.4 Å². The van der Waals surface area contributed by atoms with E-state index in [9.17, 15) is 0 Å². The average Bonchev–Trinajstić information content (AvgIpc) is 2.65. The molecule has 0 aliphatic rings. The summed E-state index contributed by atoms with van der Waals surface area (Å²) in [5.74, 6) is 0. The van der Waals surface area contributed by atoms with E-state index >= 15 is 0 Å². The number of benzene rings is 1. The Hall–Kier alpha value is -1.28. The second kappa shape index (κ2) is 5.87. The van der Waals surface area contributed by atoms with Gasteiger partial charge >= 0.3 is 0 Å². The van der Waals surface area contributed by atoms with Crippen LogP contribution in [0.1, 0.15) is 25.5 Å². The van der Waals surface area contributed by atoms with Gasteiger partial charge in [0.15, 0.2) is 0 Å². The minimum absolute atomic E-state index is 1.07. The molecule has 0 unspecified atom stereocenters. The Morgan fingerprint density at radius 1 is 1.18 bits per heavy atom. The molecule has 2 aromatic rings. The first kappa shape index (κ1) is 12.2. The summed E-state index contributed by atoms with van der Waals surface area (Å²) < 4.78 is 2.43. The molecule has 2 nitrogen and oxygen atoms in total. The van der Waals surface area contributed by atoms with Gasteiger partial charge in [0.2, 0.25) is 0 Å². The Balaban J connectivity index is 2.00. The van der Waals surface area contributed by atoms with Crippen molar-refractivity contribution >= 4 is 10.9 Å². The monoisotopic (exact) mass is 230 g/mol. The molecule has 1 heterocycles. The van der Waals surface area contributed by atoms with Gasteiger partial charge in [0.25, 0.3) is 0 Å². The van der Waals surface area contributed by atoms with E-state index in [2.05, 4.69) is 54.1 Å². The summed E-state index contributed by atoms with van der Waals surface area (Å²) >= 11 is 0.